The van der Waals surface area contributed by atoms with Crippen LogP contribution in [0.15, 0.2) is 176 Å². The Balaban J connectivity index is 1.17. The summed E-state index contributed by atoms with van der Waals surface area (Å²) in [5.41, 5.74) is 12.7. The van der Waals surface area contributed by atoms with Gasteiger partial charge in [0.25, 0.3) is 0 Å². The van der Waals surface area contributed by atoms with Crippen LogP contribution in [0.1, 0.15) is 11.1 Å². The molecule has 8 aromatic carbocycles. The lowest BCUT2D eigenvalue weighted by molar-refractivity contribution is 1.13. The van der Waals surface area contributed by atoms with Gasteiger partial charge >= 0.3 is 0 Å². The number of hydrogen-bond donors (Lipinski definition) is 0. The number of hydrogen-bond acceptors (Lipinski definition) is 2. The Morgan fingerprint density at radius 1 is 0.327 bits per heavy atom. The number of fused-ring (bicyclic) bond motifs is 9. The van der Waals surface area contributed by atoms with Gasteiger partial charge in [-0.25, -0.2) is 0 Å². The van der Waals surface area contributed by atoms with Gasteiger partial charge < -0.3 is 13.7 Å². The predicted octanol–water partition coefficient (Wildman–Crippen LogP) is 12.4. The first-order valence-corrected chi connectivity index (χ1v) is 18.3. The number of rotatable bonds is 4. The first-order chi connectivity index (χ1) is 27.2. The van der Waals surface area contributed by atoms with Crippen molar-refractivity contribution in [2.24, 2.45) is 0 Å². The Hall–Kier alpha value is -7.86. The monoisotopic (exact) mass is 699 g/mol. The fourth-order valence-electron chi connectivity index (χ4n) is 8.75. The quantitative estimate of drug-likeness (QED) is 0.184. The summed E-state index contributed by atoms with van der Waals surface area (Å²) in [4.78, 5) is 0. The molecule has 5 nitrogen and oxygen atoms in total. The van der Waals surface area contributed by atoms with E-state index in [1.807, 2.05) is 30.3 Å². The van der Waals surface area contributed by atoms with Crippen molar-refractivity contribution in [3.63, 3.8) is 0 Å². The molecule has 0 saturated heterocycles. The molecule has 11 aromatic rings. The summed E-state index contributed by atoms with van der Waals surface area (Å²) < 4.78 is 6.95. The Kier molecular flexibility index (Phi) is 6.61. The minimum Gasteiger partial charge on any atom is -0.309 e. The van der Waals surface area contributed by atoms with E-state index >= 15 is 0 Å². The average molecular weight is 700 g/mol. The average Bonchev–Trinajstić information content (AvgIpc) is 3.89. The zero-order valence-electron chi connectivity index (χ0n) is 29.5. The molecule has 5 heteroatoms. The molecule has 254 valence electrons. The molecule has 0 amide bonds. The molecule has 0 aliphatic carbocycles. The number of para-hydroxylation sites is 5. The van der Waals surface area contributed by atoms with Crippen LogP contribution in [0.3, 0.4) is 0 Å². The normalized spacial score (nSPS) is 11.6. The van der Waals surface area contributed by atoms with Gasteiger partial charge in [0.05, 0.1) is 62.1 Å². The molecule has 0 saturated carbocycles. The summed E-state index contributed by atoms with van der Waals surface area (Å²) in [6.45, 7) is 0. The molecule has 0 spiro atoms. The zero-order valence-corrected chi connectivity index (χ0v) is 29.5. The summed E-state index contributed by atoms with van der Waals surface area (Å²) in [6.07, 6.45) is 0. The van der Waals surface area contributed by atoms with Gasteiger partial charge in [-0.05, 0) is 90.0 Å². The third-order valence-electron chi connectivity index (χ3n) is 11.0. The first-order valence-electron chi connectivity index (χ1n) is 18.3. The Labute approximate surface area is 316 Å². The second-order valence-electron chi connectivity index (χ2n) is 14.0. The van der Waals surface area contributed by atoms with E-state index in [0.717, 1.165) is 82.8 Å². The minimum absolute atomic E-state index is 0.582. The third-order valence-corrected chi connectivity index (χ3v) is 11.0. The van der Waals surface area contributed by atoms with Crippen LogP contribution in [0, 0.1) is 22.7 Å². The molecule has 3 heterocycles. The van der Waals surface area contributed by atoms with Crippen molar-refractivity contribution < 1.29 is 0 Å². The van der Waals surface area contributed by atoms with Crippen LogP contribution in [0.4, 0.5) is 0 Å². The van der Waals surface area contributed by atoms with Crippen LogP contribution in [-0.4, -0.2) is 13.7 Å². The summed E-state index contributed by atoms with van der Waals surface area (Å²) in [5.74, 6) is 0. The van der Waals surface area contributed by atoms with Crippen LogP contribution in [0.25, 0.3) is 93.6 Å². The van der Waals surface area contributed by atoms with Crippen LogP contribution < -0.4 is 0 Å². The Morgan fingerprint density at radius 2 is 0.855 bits per heavy atom. The van der Waals surface area contributed by atoms with Crippen LogP contribution in [-0.2, 0) is 0 Å². The highest BCUT2D eigenvalue weighted by atomic mass is 15.1. The van der Waals surface area contributed by atoms with E-state index in [0.29, 0.717) is 11.1 Å². The molecule has 0 fully saturated rings. The van der Waals surface area contributed by atoms with Gasteiger partial charge in [-0.1, -0.05) is 97.1 Å². The van der Waals surface area contributed by atoms with E-state index in [1.165, 1.54) is 10.8 Å². The molecule has 0 radical (unpaired) electrons. The molecule has 0 aliphatic heterocycles. The maximum Gasteiger partial charge on any atom is 0.0992 e. The van der Waals surface area contributed by atoms with E-state index in [1.54, 1.807) is 0 Å². The van der Waals surface area contributed by atoms with Crippen molar-refractivity contribution in [3.8, 4) is 40.3 Å². The van der Waals surface area contributed by atoms with Crippen molar-refractivity contribution in [2.45, 2.75) is 0 Å². The van der Waals surface area contributed by atoms with Gasteiger partial charge in [0.15, 0.2) is 0 Å². The molecule has 55 heavy (non-hydrogen) atoms. The number of nitrogens with zero attached hydrogens (tertiary/aromatic N) is 5. The molecule has 0 atom stereocenters. The lowest BCUT2D eigenvalue weighted by atomic mass is 10.0. The lowest BCUT2D eigenvalue weighted by Crippen LogP contribution is -2.01. The molecule has 3 aromatic heterocycles. The lowest BCUT2D eigenvalue weighted by Gasteiger charge is -2.16. The highest BCUT2D eigenvalue weighted by Crippen LogP contribution is 2.41. The standard InChI is InChI=1S/C50H29N5/c51-30-32-23-24-48-43(27-32)41-16-4-8-21-47(41)55(48)49-22-10-17-42-40-15-3-7-20-46(40)54(50(42)49)37-26-33(31-52)25-35(29-37)34-11-9-12-36(28-34)53-44-18-5-1-13-38(44)39-14-2-6-19-45(39)53/h1-29H. The Bertz CT molecular complexity index is 3420. The van der Waals surface area contributed by atoms with E-state index in [-0.39, 0.29) is 0 Å². The molecule has 11 rings (SSSR count). The molecule has 0 bridgehead atoms. The van der Waals surface area contributed by atoms with Crippen molar-refractivity contribution in [3.05, 3.63) is 187 Å². The van der Waals surface area contributed by atoms with Crippen LogP contribution in [0.2, 0.25) is 0 Å². The molecule has 0 N–H and O–H groups in total. The van der Waals surface area contributed by atoms with E-state index in [9.17, 15) is 10.5 Å². The number of aromatic nitrogens is 3. The van der Waals surface area contributed by atoms with Crippen LogP contribution >= 0.6 is 0 Å². The van der Waals surface area contributed by atoms with Gasteiger partial charge in [-0.15, -0.1) is 0 Å². The van der Waals surface area contributed by atoms with Gasteiger partial charge in [0, 0.05) is 43.7 Å². The smallest absolute Gasteiger partial charge is 0.0992 e. The Morgan fingerprint density at radius 3 is 1.53 bits per heavy atom. The zero-order chi connectivity index (χ0) is 36.6. The molecule has 0 unspecified atom stereocenters. The van der Waals surface area contributed by atoms with Crippen LogP contribution in [0.5, 0.6) is 0 Å². The molecule has 0 aliphatic rings. The van der Waals surface area contributed by atoms with Crippen molar-refractivity contribution >= 4 is 65.4 Å². The van der Waals surface area contributed by atoms with E-state index < -0.39 is 0 Å². The van der Waals surface area contributed by atoms with Crippen molar-refractivity contribution in [1.82, 2.24) is 13.7 Å². The molecular weight excluding hydrogens is 671 g/mol. The third kappa shape index (κ3) is 4.51. The first kappa shape index (κ1) is 30.7. The summed E-state index contributed by atoms with van der Waals surface area (Å²) in [7, 11) is 0. The van der Waals surface area contributed by atoms with Gasteiger partial charge in [0.1, 0.15) is 0 Å². The minimum atomic E-state index is 0.582. The fourth-order valence-corrected chi connectivity index (χ4v) is 8.75. The maximum atomic E-state index is 10.5. The summed E-state index contributed by atoms with van der Waals surface area (Å²) >= 11 is 0. The highest BCUT2D eigenvalue weighted by molar-refractivity contribution is 6.15. The van der Waals surface area contributed by atoms with Gasteiger partial charge in [0.2, 0.25) is 0 Å². The van der Waals surface area contributed by atoms with Crippen molar-refractivity contribution in [2.75, 3.05) is 0 Å². The fraction of sp³-hybridized carbons (Fsp3) is 0. The SMILES string of the molecule is N#Cc1cc(-c2cccc(-n3c4ccccc4c4ccccc43)c2)cc(-n2c3ccccc3c3cccc(-n4c5ccccc5c5cc(C#N)ccc54)c32)c1. The number of benzene rings is 8. The predicted molar refractivity (Wildman–Crippen MR) is 224 cm³/mol. The number of nitriles is 2. The van der Waals surface area contributed by atoms with E-state index in [4.69, 9.17) is 0 Å². The highest BCUT2D eigenvalue weighted by Gasteiger charge is 2.21. The van der Waals surface area contributed by atoms with E-state index in [2.05, 4.69) is 171 Å². The van der Waals surface area contributed by atoms with Crippen molar-refractivity contribution in [1.29, 1.82) is 10.5 Å². The largest absolute Gasteiger partial charge is 0.309 e. The van der Waals surface area contributed by atoms with Gasteiger partial charge in [-0.3, -0.25) is 0 Å². The summed E-state index contributed by atoms with van der Waals surface area (Å²) in [5, 5.41) is 27.1. The second kappa shape index (κ2) is 11.8. The summed E-state index contributed by atoms with van der Waals surface area (Å²) in [6, 6.07) is 66.0. The molecular formula is C50H29N5. The van der Waals surface area contributed by atoms with Gasteiger partial charge in [-0.2, -0.15) is 10.5 Å². The maximum absolute atomic E-state index is 10.5. The second-order valence-corrected chi connectivity index (χ2v) is 14.0. The topological polar surface area (TPSA) is 62.4 Å².